The van der Waals surface area contributed by atoms with Gasteiger partial charge >= 0.3 is 0 Å². The zero-order valence-electron chi connectivity index (χ0n) is 11.7. The van der Waals surface area contributed by atoms with Gasteiger partial charge in [0.1, 0.15) is 5.75 Å². The third-order valence-electron chi connectivity index (χ3n) is 3.55. The monoisotopic (exact) mass is 264 g/mol. The predicted molar refractivity (Wildman–Crippen MR) is 75.7 cm³/mol. The van der Waals surface area contributed by atoms with Crippen molar-refractivity contribution in [2.75, 3.05) is 19.8 Å². The molecule has 1 N–H and O–H groups in total. The molecule has 0 aromatic heterocycles. The molecule has 1 aliphatic rings. The van der Waals surface area contributed by atoms with Crippen LogP contribution in [-0.2, 0) is 17.6 Å². The van der Waals surface area contributed by atoms with Crippen molar-refractivity contribution in [3.63, 3.8) is 0 Å². The number of hydrogen-bond donors (Lipinski definition) is 1. The zero-order chi connectivity index (χ0) is 13.5. The third-order valence-corrected chi connectivity index (χ3v) is 3.55. The Morgan fingerprint density at radius 2 is 2.26 bits per heavy atom. The van der Waals surface area contributed by atoms with Crippen LogP contribution in [0.4, 0.5) is 0 Å². The first-order valence-corrected chi connectivity index (χ1v) is 7.30. The Morgan fingerprint density at radius 1 is 1.37 bits per heavy atom. The van der Waals surface area contributed by atoms with Gasteiger partial charge in [-0.1, -0.05) is 12.1 Å². The third kappa shape index (κ3) is 4.51. The first kappa shape index (κ1) is 14.4. The summed E-state index contributed by atoms with van der Waals surface area (Å²) in [5.41, 5.74) is 2.61. The summed E-state index contributed by atoms with van der Waals surface area (Å²) in [5.74, 6) is 1.03. The van der Waals surface area contributed by atoms with Gasteiger partial charge in [-0.2, -0.15) is 0 Å². The highest BCUT2D eigenvalue weighted by Gasteiger charge is 2.12. The Morgan fingerprint density at radius 3 is 3.11 bits per heavy atom. The van der Waals surface area contributed by atoms with Gasteiger partial charge in [-0.15, -0.1) is 0 Å². The molecule has 1 aliphatic heterocycles. The number of hydrogen-bond acceptors (Lipinski definition) is 3. The van der Waals surface area contributed by atoms with Crippen molar-refractivity contribution in [3.05, 3.63) is 29.3 Å². The van der Waals surface area contributed by atoms with Crippen molar-refractivity contribution in [2.24, 2.45) is 0 Å². The number of aryl methyl sites for hydroxylation is 1. The minimum absolute atomic E-state index is 0.218. The summed E-state index contributed by atoms with van der Waals surface area (Å²) < 4.78 is 10.8. The molecule has 3 heteroatoms. The lowest BCUT2D eigenvalue weighted by Crippen LogP contribution is -2.09. The smallest absolute Gasteiger partial charge is 0.122 e. The van der Waals surface area contributed by atoms with Crippen LogP contribution in [0.15, 0.2) is 18.2 Å². The molecule has 1 heterocycles. The highest BCUT2D eigenvalue weighted by molar-refractivity contribution is 5.39. The molecular weight excluding hydrogens is 240 g/mol. The minimum atomic E-state index is -0.218. The summed E-state index contributed by atoms with van der Waals surface area (Å²) in [6, 6.07) is 6.38. The molecule has 3 nitrogen and oxygen atoms in total. The van der Waals surface area contributed by atoms with Crippen molar-refractivity contribution in [2.45, 2.75) is 45.1 Å². The van der Waals surface area contributed by atoms with Gasteiger partial charge in [0, 0.05) is 19.6 Å². The van der Waals surface area contributed by atoms with Gasteiger partial charge in [0.2, 0.25) is 0 Å². The van der Waals surface area contributed by atoms with Crippen molar-refractivity contribution in [3.8, 4) is 5.75 Å². The maximum Gasteiger partial charge on any atom is 0.122 e. The molecule has 0 radical (unpaired) electrons. The van der Waals surface area contributed by atoms with Gasteiger partial charge in [-0.05, 0) is 49.8 Å². The first-order chi connectivity index (χ1) is 9.29. The molecule has 0 amide bonds. The van der Waals surface area contributed by atoms with E-state index >= 15 is 0 Å². The molecule has 19 heavy (non-hydrogen) atoms. The number of fused-ring (bicyclic) bond motifs is 1. The normalized spacial score (nSPS) is 15.1. The van der Waals surface area contributed by atoms with E-state index in [1.165, 1.54) is 11.1 Å². The molecule has 1 atom stereocenters. The van der Waals surface area contributed by atoms with Crippen LogP contribution < -0.4 is 4.74 Å². The van der Waals surface area contributed by atoms with Crippen LogP contribution in [0.3, 0.4) is 0 Å². The maximum absolute atomic E-state index is 9.92. The number of aliphatic hydroxyl groups excluding tert-OH is 1. The summed E-state index contributed by atoms with van der Waals surface area (Å²) in [6.45, 7) is 4.31. The molecule has 0 fully saturated rings. The van der Waals surface area contributed by atoms with Crippen molar-refractivity contribution in [1.29, 1.82) is 0 Å². The predicted octanol–water partition coefficient (Wildman–Crippen LogP) is 2.73. The Labute approximate surface area is 115 Å². The van der Waals surface area contributed by atoms with Crippen molar-refractivity contribution in [1.82, 2.24) is 0 Å². The SMILES string of the molecule is CCOCCCC(O)CCc1ccc2c(c1)CCO2. The molecular formula is C16H24O3. The molecule has 106 valence electrons. The summed E-state index contributed by atoms with van der Waals surface area (Å²) in [6.07, 6.45) is 4.32. The van der Waals surface area contributed by atoms with Crippen LogP contribution in [0.2, 0.25) is 0 Å². The lowest BCUT2D eigenvalue weighted by molar-refractivity contribution is 0.110. The highest BCUT2D eigenvalue weighted by atomic mass is 16.5. The quantitative estimate of drug-likeness (QED) is 0.734. The standard InChI is InChI=1S/C16H24O3/c1-2-18-10-3-4-15(17)7-5-13-6-8-16-14(12-13)9-11-19-16/h6,8,12,15,17H,2-5,7,9-11H2,1H3. The van der Waals surface area contributed by atoms with E-state index in [0.29, 0.717) is 0 Å². The Bertz CT molecular complexity index is 390. The largest absolute Gasteiger partial charge is 0.493 e. The fraction of sp³-hybridized carbons (Fsp3) is 0.625. The van der Waals surface area contributed by atoms with E-state index in [1.807, 2.05) is 6.92 Å². The lowest BCUT2D eigenvalue weighted by Gasteiger charge is -2.11. The van der Waals surface area contributed by atoms with Crippen LogP contribution in [0, 0.1) is 0 Å². The average molecular weight is 264 g/mol. The minimum Gasteiger partial charge on any atom is -0.493 e. The van der Waals surface area contributed by atoms with Gasteiger partial charge in [0.05, 0.1) is 12.7 Å². The van der Waals surface area contributed by atoms with E-state index in [2.05, 4.69) is 18.2 Å². The Balaban J connectivity index is 1.70. The van der Waals surface area contributed by atoms with Gasteiger partial charge in [0.15, 0.2) is 0 Å². The number of benzene rings is 1. The van der Waals surface area contributed by atoms with Crippen LogP contribution >= 0.6 is 0 Å². The second-order valence-electron chi connectivity index (χ2n) is 5.07. The number of aliphatic hydroxyl groups is 1. The molecule has 2 rings (SSSR count). The number of rotatable bonds is 8. The van der Waals surface area contributed by atoms with Crippen LogP contribution in [0.1, 0.15) is 37.3 Å². The first-order valence-electron chi connectivity index (χ1n) is 7.30. The second-order valence-corrected chi connectivity index (χ2v) is 5.07. The van der Waals surface area contributed by atoms with E-state index in [-0.39, 0.29) is 6.10 Å². The molecule has 1 unspecified atom stereocenters. The van der Waals surface area contributed by atoms with E-state index in [1.54, 1.807) is 0 Å². The van der Waals surface area contributed by atoms with E-state index in [0.717, 1.165) is 57.7 Å². The molecule has 0 spiro atoms. The molecule has 0 saturated heterocycles. The summed E-state index contributed by atoms with van der Waals surface area (Å²) >= 11 is 0. The van der Waals surface area contributed by atoms with Gasteiger partial charge in [0.25, 0.3) is 0 Å². The van der Waals surface area contributed by atoms with Crippen LogP contribution in [-0.4, -0.2) is 31.0 Å². The average Bonchev–Trinajstić information content (AvgIpc) is 2.89. The molecule has 0 aliphatic carbocycles. The number of ether oxygens (including phenoxy) is 2. The van der Waals surface area contributed by atoms with Gasteiger partial charge in [-0.25, -0.2) is 0 Å². The summed E-state index contributed by atoms with van der Waals surface area (Å²) in [4.78, 5) is 0. The van der Waals surface area contributed by atoms with E-state index < -0.39 is 0 Å². The van der Waals surface area contributed by atoms with Crippen LogP contribution in [0.25, 0.3) is 0 Å². The van der Waals surface area contributed by atoms with Gasteiger partial charge < -0.3 is 14.6 Å². The topological polar surface area (TPSA) is 38.7 Å². The molecule has 1 aromatic carbocycles. The summed E-state index contributed by atoms with van der Waals surface area (Å²) in [5, 5.41) is 9.92. The fourth-order valence-corrected chi connectivity index (χ4v) is 2.44. The van der Waals surface area contributed by atoms with Crippen molar-refractivity contribution < 1.29 is 14.6 Å². The Hall–Kier alpha value is -1.06. The molecule has 0 saturated carbocycles. The second kappa shape index (κ2) is 7.51. The van der Waals surface area contributed by atoms with Crippen LogP contribution in [0.5, 0.6) is 5.75 Å². The van der Waals surface area contributed by atoms with E-state index in [4.69, 9.17) is 9.47 Å². The van der Waals surface area contributed by atoms with E-state index in [9.17, 15) is 5.11 Å². The Kier molecular flexibility index (Phi) is 5.67. The molecule has 1 aromatic rings. The lowest BCUT2D eigenvalue weighted by atomic mass is 10.0. The molecule has 0 bridgehead atoms. The summed E-state index contributed by atoms with van der Waals surface area (Å²) in [7, 11) is 0. The zero-order valence-corrected chi connectivity index (χ0v) is 11.7. The maximum atomic E-state index is 9.92. The highest BCUT2D eigenvalue weighted by Crippen LogP contribution is 2.26. The van der Waals surface area contributed by atoms with Crippen molar-refractivity contribution >= 4 is 0 Å². The fourth-order valence-electron chi connectivity index (χ4n) is 2.44. The van der Waals surface area contributed by atoms with Gasteiger partial charge in [-0.3, -0.25) is 0 Å².